The van der Waals surface area contributed by atoms with Crippen LogP contribution in [-0.2, 0) is 16.6 Å². The van der Waals surface area contributed by atoms with Gasteiger partial charge in [-0.25, -0.2) is 8.42 Å². The molecule has 118 valence electrons. The quantitative estimate of drug-likeness (QED) is 0.884. The van der Waals surface area contributed by atoms with Gasteiger partial charge in [0.1, 0.15) is 0 Å². The molecule has 21 heavy (non-hydrogen) atoms. The molecule has 1 saturated heterocycles. The number of benzene rings is 1. The zero-order valence-electron chi connectivity index (χ0n) is 12.8. The van der Waals surface area contributed by atoms with Crippen LogP contribution < -0.4 is 5.73 Å². The summed E-state index contributed by atoms with van der Waals surface area (Å²) in [5, 5.41) is 0. The van der Waals surface area contributed by atoms with E-state index in [0.717, 1.165) is 25.2 Å². The third-order valence-corrected chi connectivity index (χ3v) is 5.62. The second-order valence-corrected chi connectivity index (χ2v) is 7.89. The topological polar surface area (TPSA) is 66.6 Å². The number of nitrogens with zero attached hydrogens (tertiary/aromatic N) is 2. The maximum atomic E-state index is 12.7. The molecule has 0 radical (unpaired) electrons. The molecule has 1 aromatic rings. The van der Waals surface area contributed by atoms with E-state index in [1.165, 1.54) is 0 Å². The van der Waals surface area contributed by atoms with Crippen molar-refractivity contribution in [3.63, 3.8) is 0 Å². The average Bonchev–Trinajstić information content (AvgIpc) is 2.47. The number of hydrogen-bond acceptors (Lipinski definition) is 4. The smallest absolute Gasteiger partial charge is 0.243 e. The van der Waals surface area contributed by atoms with E-state index in [9.17, 15) is 8.42 Å². The standard InChI is InChI=1S/C15H25N3O2S/c1-13(2)12-17-6-8-18(9-7-17)21(19,20)15-5-3-4-14(10-15)11-16/h3-5,10,13H,6-9,11-12,16H2,1-2H3. The highest BCUT2D eigenvalue weighted by Gasteiger charge is 2.28. The molecule has 2 rings (SSSR count). The van der Waals surface area contributed by atoms with Crippen molar-refractivity contribution in [1.29, 1.82) is 0 Å². The lowest BCUT2D eigenvalue weighted by atomic mass is 10.2. The van der Waals surface area contributed by atoms with Crippen molar-refractivity contribution < 1.29 is 8.42 Å². The van der Waals surface area contributed by atoms with Crippen LogP contribution in [0.1, 0.15) is 19.4 Å². The van der Waals surface area contributed by atoms with E-state index in [1.807, 2.05) is 6.07 Å². The molecule has 2 N–H and O–H groups in total. The van der Waals surface area contributed by atoms with Crippen LogP contribution in [0, 0.1) is 5.92 Å². The SMILES string of the molecule is CC(C)CN1CCN(S(=O)(=O)c2cccc(CN)c2)CC1. The molecule has 6 heteroatoms. The number of hydrogen-bond donors (Lipinski definition) is 1. The van der Waals surface area contributed by atoms with Gasteiger partial charge in [0.15, 0.2) is 0 Å². The molecular formula is C15H25N3O2S. The van der Waals surface area contributed by atoms with Crippen LogP contribution in [0.25, 0.3) is 0 Å². The fourth-order valence-electron chi connectivity index (χ4n) is 2.65. The first-order valence-corrected chi connectivity index (χ1v) is 8.89. The summed E-state index contributed by atoms with van der Waals surface area (Å²) < 4.78 is 26.9. The fourth-order valence-corrected chi connectivity index (χ4v) is 4.14. The maximum absolute atomic E-state index is 12.7. The lowest BCUT2D eigenvalue weighted by molar-refractivity contribution is 0.172. The zero-order chi connectivity index (χ0) is 15.5. The molecule has 0 saturated carbocycles. The van der Waals surface area contributed by atoms with E-state index in [4.69, 9.17) is 5.73 Å². The summed E-state index contributed by atoms with van der Waals surface area (Å²) in [5.41, 5.74) is 6.43. The number of sulfonamides is 1. The molecule has 5 nitrogen and oxygen atoms in total. The van der Waals surface area contributed by atoms with Crippen molar-refractivity contribution in [2.45, 2.75) is 25.3 Å². The van der Waals surface area contributed by atoms with E-state index in [2.05, 4.69) is 18.7 Å². The Morgan fingerprint density at radius 1 is 1.19 bits per heavy atom. The Balaban J connectivity index is 2.07. The molecular weight excluding hydrogens is 286 g/mol. The molecule has 1 aliphatic heterocycles. The van der Waals surface area contributed by atoms with Crippen LogP contribution in [0.4, 0.5) is 0 Å². The second-order valence-electron chi connectivity index (χ2n) is 5.95. The molecule has 1 heterocycles. The Kier molecular flexibility index (Phi) is 5.37. The minimum Gasteiger partial charge on any atom is -0.326 e. The molecule has 0 aromatic heterocycles. The summed E-state index contributed by atoms with van der Waals surface area (Å²) in [4.78, 5) is 2.68. The first kappa shape index (κ1) is 16.4. The van der Waals surface area contributed by atoms with E-state index in [1.54, 1.807) is 22.5 Å². The van der Waals surface area contributed by atoms with Gasteiger partial charge < -0.3 is 10.6 Å². The van der Waals surface area contributed by atoms with Crippen LogP contribution in [0.15, 0.2) is 29.2 Å². The van der Waals surface area contributed by atoms with Crippen molar-refractivity contribution in [3.8, 4) is 0 Å². The first-order chi connectivity index (χ1) is 9.93. The molecule has 1 aromatic carbocycles. The van der Waals surface area contributed by atoms with Gasteiger partial charge in [-0.2, -0.15) is 4.31 Å². The molecule has 0 amide bonds. The highest BCUT2D eigenvalue weighted by atomic mass is 32.2. The predicted octanol–water partition coefficient (Wildman–Crippen LogP) is 1.11. The zero-order valence-corrected chi connectivity index (χ0v) is 13.6. The Bertz CT molecular complexity index is 564. The summed E-state index contributed by atoms with van der Waals surface area (Å²) in [7, 11) is -3.40. The van der Waals surface area contributed by atoms with Crippen LogP contribution in [0.2, 0.25) is 0 Å². The predicted molar refractivity (Wildman–Crippen MR) is 84.4 cm³/mol. The van der Waals surface area contributed by atoms with Gasteiger partial charge in [0.2, 0.25) is 10.0 Å². The molecule has 0 atom stereocenters. The third kappa shape index (κ3) is 4.03. The van der Waals surface area contributed by atoms with E-state index in [-0.39, 0.29) is 0 Å². The van der Waals surface area contributed by atoms with Crippen molar-refractivity contribution >= 4 is 10.0 Å². The summed E-state index contributed by atoms with van der Waals surface area (Å²) in [6, 6.07) is 6.93. The second kappa shape index (κ2) is 6.87. The van der Waals surface area contributed by atoms with Gasteiger partial charge in [-0.05, 0) is 23.6 Å². The van der Waals surface area contributed by atoms with Crippen molar-refractivity contribution in [2.24, 2.45) is 11.7 Å². The molecule has 1 fully saturated rings. The Labute approximate surface area is 127 Å². The Morgan fingerprint density at radius 2 is 1.86 bits per heavy atom. The van der Waals surface area contributed by atoms with Gasteiger partial charge >= 0.3 is 0 Å². The van der Waals surface area contributed by atoms with Gasteiger partial charge in [0.05, 0.1) is 4.90 Å². The van der Waals surface area contributed by atoms with Gasteiger partial charge in [-0.3, -0.25) is 0 Å². The van der Waals surface area contributed by atoms with Crippen LogP contribution in [0.3, 0.4) is 0 Å². The maximum Gasteiger partial charge on any atom is 0.243 e. The molecule has 0 unspecified atom stereocenters. The molecule has 1 aliphatic rings. The highest BCUT2D eigenvalue weighted by molar-refractivity contribution is 7.89. The highest BCUT2D eigenvalue weighted by Crippen LogP contribution is 2.19. The van der Waals surface area contributed by atoms with Crippen LogP contribution in [-0.4, -0.2) is 50.3 Å². The minimum absolute atomic E-state index is 0.350. The largest absolute Gasteiger partial charge is 0.326 e. The summed E-state index contributed by atoms with van der Waals surface area (Å²) in [6.45, 7) is 8.46. The lowest BCUT2D eigenvalue weighted by Gasteiger charge is -2.34. The van der Waals surface area contributed by atoms with Gasteiger partial charge in [-0.15, -0.1) is 0 Å². The van der Waals surface area contributed by atoms with E-state index in [0.29, 0.717) is 30.4 Å². The van der Waals surface area contributed by atoms with Crippen molar-refractivity contribution in [2.75, 3.05) is 32.7 Å². The summed E-state index contributed by atoms with van der Waals surface area (Å²) >= 11 is 0. The van der Waals surface area contributed by atoms with Gasteiger partial charge in [-0.1, -0.05) is 26.0 Å². The van der Waals surface area contributed by atoms with Crippen LogP contribution in [0.5, 0.6) is 0 Å². The van der Waals surface area contributed by atoms with Crippen molar-refractivity contribution in [3.05, 3.63) is 29.8 Å². The normalized spacial score (nSPS) is 18.3. The minimum atomic E-state index is -3.40. The molecule has 0 bridgehead atoms. The number of nitrogens with two attached hydrogens (primary N) is 1. The average molecular weight is 311 g/mol. The lowest BCUT2D eigenvalue weighted by Crippen LogP contribution is -2.49. The van der Waals surface area contributed by atoms with E-state index < -0.39 is 10.0 Å². The van der Waals surface area contributed by atoms with Gasteiger partial charge in [0.25, 0.3) is 0 Å². The Hall–Kier alpha value is -0.950. The summed E-state index contributed by atoms with van der Waals surface area (Å²) in [6.07, 6.45) is 0. The van der Waals surface area contributed by atoms with Gasteiger partial charge in [0, 0.05) is 39.3 Å². The Morgan fingerprint density at radius 3 is 2.43 bits per heavy atom. The molecule has 0 aliphatic carbocycles. The third-order valence-electron chi connectivity index (χ3n) is 3.73. The van der Waals surface area contributed by atoms with E-state index >= 15 is 0 Å². The fraction of sp³-hybridized carbons (Fsp3) is 0.600. The number of piperazine rings is 1. The first-order valence-electron chi connectivity index (χ1n) is 7.45. The number of rotatable bonds is 5. The monoisotopic (exact) mass is 311 g/mol. The van der Waals surface area contributed by atoms with Crippen molar-refractivity contribution in [1.82, 2.24) is 9.21 Å². The van der Waals surface area contributed by atoms with Crippen LogP contribution >= 0.6 is 0 Å². The summed E-state index contributed by atoms with van der Waals surface area (Å²) in [5.74, 6) is 0.606. The molecule has 0 spiro atoms.